The van der Waals surface area contributed by atoms with E-state index in [1.807, 2.05) is 25.9 Å². The van der Waals surface area contributed by atoms with Crippen molar-refractivity contribution in [1.82, 2.24) is 4.90 Å². The van der Waals surface area contributed by atoms with Gasteiger partial charge in [-0.1, -0.05) is 11.6 Å². The van der Waals surface area contributed by atoms with Gasteiger partial charge in [0.2, 0.25) is 0 Å². The maximum absolute atomic E-state index is 11.5. The van der Waals surface area contributed by atoms with Gasteiger partial charge in [0.1, 0.15) is 12.4 Å². The van der Waals surface area contributed by atoms with Crippen molar-refractivity contribution in [3.8, 4) is 5.75 Å². The summed E-state index contributed by atoms with van der Waals surface area (Å²) in [6.45, 7) is 3.18. The van der Waals surface area contributed by atoms with E-state index >= 15 is 0 Å². The lowest BCUT2D eigenvalue weighted by Crippen LogP contribution is -2.19. The van der Waals surface area contributed by atoms with E-state index < -0.39 is 5.97 Å². The van der Waals surface area contributed by atoms with Crippen molar-refractivity contribution >= 4 is 17.6 Å². The van der Waals surface area contributed by atoms with E-state index in [0.717, 1.165) is 12.1 Å². The van der Waals surface area contributed by atoms with Gasteiger partial charge >= 0.3 is 5.97 Å². The van der Waals surface area contributed by atoms with Crippen LogP contribution in [0.4, 0.5) is 0 Å². The molecule has 0 heterocycles. The van der Waals surface area contributed by atoms with E-state index in [9.17, 15) is 4.79 Å². The Bertz CT molecular complexity index is 432. The fraction of sp³-hybridized carbons (Fsp3) is 0.462. The molecule has 0 aromatic heterocycles. The predicted molar refractivity (Wildman–Crippen MR) is 71.6 cm³/mol. The molecular weight excluding hydrogens is 254 g/mol. The van der Waals surface area contributed by atoms with Crippen molar-refractivity contribution in [2.75, 3.05) is 34.4 Å². The molecule has 0 amide bonds. The van der Waals surface area contributed by atoms with Crippen LogP contribution < -0.4 is 4.74 Å². The monoisotopic (exact) mass is 271 g/mol. The van der Waals surface area contributed by atoms with Crippen LogP contribution in [0.3, 0.4) is 0 Å². The topological polar surface area (TPSA) is 38.8 Å². The molecule has 1 aromatic carbocycles. The first-order valence-electron chi connectivity index (χ1n) is 5.61. The Labute approximate surface area is 112 Å². The average molecular weight is 272 g/mol. The molecule has 18 heavy (non-hydrogen) atoms. The van der Waals surface area contributed by atoms with Gasteiger partial charge in [-0.3, -0.25) is 0 Å². The minimum atomic E-state index is -0.422. The average Bonchev–Trinajstić information content (AvgIpc) is 2.32. The third kappa shape index (κ3) is 3.89. The Kier molecular flexibility index (Phi) is 5.44. The van der Waals surface area contributed by atoms with Crippen LogP contribution >= 0.6 is 11.6 Å². The molecule has 0 atom stereocenters. The largest absolute Gasteiger partial charge is 0.492 e. The summed E-state index contributed by atoms with van der Waals surface area (Å²) in [5.41, 5.74) is 1.22. The molecule has 1 aromatic rings. The Morgan fingerprint density at radius 2 is 2.06 bits per heavy atom. The lowest BCUT2D eigenvalue weighted by atomic mass is 10.1. The number of esters is 1. The van der Waals surface area contributed by atoms with Crippen LogP contribution in [0.25, 0.3) is 0 Å². The van der Waals surface area contributed by atoms with Crippen molar-refractivity contribution < 1.29 is 14.3 Å². The number of rotatable bonds is 5. The summed E-state index contributed by atoms with van der Waals surface area (Å²) in [4.78, 5) is 13.5. The van der Waals surface area contributed by atoms with Gasteiger partial charge in [-0.25, -0.2) is 4.79 Å². The third-order valence-electron chi connectivity index (χ3n) is 2.51. The maximum Gasteiger partial charge on any atom is 0.338 e. The minimum Gasteiger partial charge on any atom is -0.492 e. The van der Waals surface area contributed by atoms with E-state index in [1.165, 1.54) is 7.11 Å². The molecule has 0 saturated carbocycles. The van der Waals surface area contributed by atoms with Gasteiger partial charge in [0, 0.05) is 17.1 Å². The second-order valence-electron chi connectivity index (χ2n) is 4.22. The van der Waals surface area contributed by atoms with Crippen LogP contribution in [-0.4, -0.2) is 45.2 Å². The molecule has 0 unspecified atom stereocenters. The second-order valence-corrected chi connectivity index (χ2v) is 4.63. The van der Waals surface area contributed by atoms with Gasteiger partial charge in [-0.15, -0.1) is 0 Å². The van der Waals surface area contributed by atoms with Crippen LogP contribution in [0, 0.1) is 6.92 Å². The van der Waals surface area contributed by atoms with Crippen LogP contribution in [-0.2, 0) is 4.74 Å². The summed E-state index contributed by atoms with van der Waals surface area (Å²) in [5.74, 6) is 0.194. The van der Waals surface area contributed by atoms with Gasteiger partial charge in [-0.2, -0.15) is 0 Å². The molecule has 5 heteroatoms. The fourth-order valence-corrected chi connectivity index (χ4v) is 1.59. The highest BCUT2D eigenvalue weighted by Crippen LogP contribution is 2.28. The first-order chi connectivity index (χ1) is 8.45. The summed E-state index contributed by atoms with van der Waals surface area (Å²) in [6.07, 6.45) is 0. The smallest absolute Gasteiger partial charge is 0.338 e. The first-order valence-corrected chi connectivity index (χ1v) is 5.99. The van der Waals surface area contributed by atoms with Gasteiger partial charge < -0.3 is 14.4 Å². The van der Waals surface area contributed by atoms with E-state index in [2.05, 4.69) is 4.74 Å². The minimum absolute atomic E-state index is 0.396. The maximum atomic E-state index is 11.5. The van der Waals surface area contributed by atoms with E-state index in [1.54, 1.807) is 12.1 Å². The summed E-state index contributed by atoms with van der Waals surface area (Å²) in [6, 6.07) is 3.24. The number of hydrogen-bond acceptors (Lipinski definition) is 4. The summed E-state index contributed by atoms with van der Waals surface area (Å²) >= 11 is 6.06. The molecule has 0 radical (unpaired) electrons. The number of hydrogen-bond donors (Lipinski definition) is 0. The number of methoxy groups -OCH3 is 1. The number of nitrogens with zero attached hydrogens (tertiary/aromatic N) is 1. The van der Waals surface area contributed by atoms with E-state index in [0.29, 0.717) is 22.9 Å². The van der Waals surface area contributed by atoms with Crippen molar-refractivity contribution in [2.45, 2.75) is 6.92 Å². The Morgan fingerprint density at radius 3 is 2.61 bits per heavy atom. The zero-order valence-electron chi connectivity index (χ0n) is 11.1. The standard InChI is InChI=1S/C13H18ClNO3/c1-9-11(14)7-10(13(16)17-4)8-12(9)18-6-5-15(2)3/h7-8H,5-6H2,1-4H3. The van der Waals surface area contributed by atoms with Crippen molar-refractivity contribution in [2.24, 2.45) is 0 Å². The third-order valence-corrected chi connectivity index (χ3v) is 2.91. The molecule has 4 nitrogen and oxygen atoms in total. The lowest BCUT2D eigenvalue weighted by molar-refractivity contribution is 0.0600. The van der Waals surface area contributed by atoms with Crippen molar-refractivity contribution in [1.29, 1.82) is 0 Å². The van der Waals surface area contributed by atoms with Crippen molar-refractivity contribution in [3.05, 3.63) is 28.3 Å². The molecule has 0 aliphatic rings. The van der Waals surface area contributed by atoms with Gasteiger partial charge in [-0.05, 0) is 33.2 Å². The van der Waals surface area contributed by atoms with Gasteiger partial charge in [0.05, 0.1) is 12.7 Å². The molecule has 0 saturated heterocycles. The number of likely N-dealkylation sites (N-methyl/N-ethyl adjacent to an activating group) is 1. The number of ether oxygens (including phenoxy) is 2. The summed E-state index contributed by atoms with van der Waals surface area (Å²) in [7, 11) is 5.27. The Balaban J connectivity index is 2.89. The number of carbonyl (C=O) groups excluding carboxylic acids is 1. The van der Waals surface area contributed by atoms with E-state index in [-0.39, 0.29) is 0 Å². The molecule has 1 rings (SSSR count). The highest BCUT2D eigenvalue weighted by Gasteiger charge is 2.12. The van der Waals surface area contributed by atoms with Crippen LogP contribution in [0.5, 0.6) is 5.75 Å². The summed E-state index contributed by atoms with van der Waals surface area (Å²) in [5, 5.41) is 0.498. The highest BCUT2D eigenvalue weighted by molar-refractivity contribution is 6.31. The molecular formula is C13H18ClNO3. The van der Waals surface area contributed by atoms with E-state index in [4.69, 9.17) is 16.3 Å². The van der Waals surface area contributed by atoms with Gasteiger partial charge in [0.15, 0.2) is 0 Å². The predicted octanol–water partition coefficient (Wildman–Crippen LogP) is 2.38. The van der Waals surface area contributed by atoms with Crippen LogP contribution in [0.15, 0.2) is 12.1 Å². The lowest BCUT2D eigenvalue weighted by Gasteiger charge is -2.14. The molecule has 0 aliphatic carbocycles. The van der Waals surface area contributed by atoms with Crippen LogP contribution in [0.2, 0.25) is 5.02 Å². The normalized spacial score (nSPS) is 10.6. The number of halogens is 1. The fourth-order valence-electron chi connectivity index (χ4n) is 1.38. The number of benzene rings is 1. The summed E-state index contributed by atoms with van der Waals surface area (Å²) < 4.78 is 10.3. The highest BCUT2D eigenvalue weighted by atomic mass is 35.5. The molecule has 100 valence electrons. The SMILES string of the molecule is COC(=O)c1cc(Cl)c(C)c(OCCN(C)C)c1. The second kappa shape index (κ2) is 6.61. The molecule has 0 fully saturated rings. The first kappa shape index (κ1) is 14.8. The van der Waals surface area contributed by atoms with Crippen molar-refractivity contribution in [3.63, 3.8) is 0 Å². The number of carbonyl (C=O) groups is 1. The quantitative estimate of drug-likeness (QED) is 0.771. The molecule has 0 spiro atoms. The van der Waals surface area contributed by atoms with Gasteiger partial charge in [0.25, 0.3) is 0 Å². The Hall–Kier alpha value is -1.26. The molecule has 0 bridgehead atoms. The van der Waals surface area contributed by atoms with Crippen LogP contribution in [0.1, 0.15) is 15.9 Å². The zero-order valence-corrected chi connectivity index (χ0v) is 11.9. The molecule has 0 aliphatic heterocycles. The Morgan fingerprint density at radius 1 is 1.39 bits per heavy atom. The molecule has 0 N–H and O–H groups in total. The zero-order chi connectivity index (χ0) is 13.7.